The molecule has 56 valence electrons. The van der Waals surface area contributed by atoms with Gasteiger partial charge in [-0.3, -0.25) is 0 Å². The summed E-state index contributed by atoms with van der Waals surface area (Å²) in [5, 5.41) is 0. The van der Waals surface area contributed by atoms with Crippen LogP contribution in [0.4, 0.5) is 0 Å². The van der Waals surface area contributed by atoms with E-state index in [9.17, 15) is 4.79 Å². The van der Waals surface area contributed by atoms with Crippen molar-refractivity contribution < 1.29 is 14.3 Å². The minimum absolute atomic E-state index is 0.237. The molecule has 1 heterocycles. The molecule has 0 aromatic rings. The van der Waals surface area contributed by atoms with E-state index < -0.39 is 0 Å². The van der Waals surface area contributed by atoms with Crippen LogP contribution in [0.25, 0.3) is 0 Å². The van der Waals surface area contributed by atoms with Crippen LogP contribution in [0.5, 0.6) is 0 Å². The molecule has 0 amide bonds. The van der Waals surface area contributed by atoms with Gasteiger partial charge in [0, 0.05) is 0 Å². The second-order valence-electron chi connectivity index (χ2n) is 2.04. The maximum absolute atomic E-state index is 10.8. The molecule has 0 spiro atoms. The Hall–Kier alpha value is -0.990. The van der Waals surface area contributed by atoms with E-state index in [2.05, 4.69) is 0 Å². The van der Waals surface area contributed by atoms with Gasteiger partial charge in [0.25, 0.3) is 0 Å². The SMILES string of the molecule is CCC1=C(OC)COC1=O. The predicted molar refractivity (Wildman–Crippen MR) is 35.3 cm³/mol. The average molecular weight is 142 g/mol. The zero-order valence-electron chi connectivity index (χ0n) is 6.14. The first-order chi connectivity index (χ1) is 4.79. The summed E-state index contributed by atoms with van der Waals surface area (Å²) in [5.74, 6) is 0.437. The van der Waals surface area contributed by atoms with E-state index >= 15 is 0 Å². The van der Waals surface area contributed by atoms with Crippen molar-refractivity contribution in [3.63, 3.8) is 0 Å². The molecule has 0 saturated carbocycles. The van der Waals surface area contributed by atoms with Gasteiger partial charge in [-0.2, -0.15) is 0 Å². The summed E-state index contributed by atoms with van der Waals surface area (Å²) < 4.78 is 9.64. The van der Waals surface area contributed by atoms with Gasteiger partial charge in [-0.15, -0.1) is 0 Å². The lowest BCUT2D eigenvalue weighted by atomic mass is 10.2. The fourth-order valence-electron chi connectivity index (χ4n) is 0.943. The van der Waals surface area contributed by atoms with E-state index in [-0.39, 0.29) is 5.97 Å². The number of rotatable bonds is 2. The topological polar surface area (TPSA) is 35.5 Å². The zero-order valence-corrected chi connectivity index (χ0v) is 6.14. The molecule has 10 heavy (non-hydrogen) atoms. The minimum Gasteiger partial charge on any atom is -0.497 e. The summed E-state index contributed by atoms with van der Waals surface area (Å²) in [6, 6.07) is 0. The maximum atomic E-state index is 10.8. The highest BCUT2D eigenvalue weighted by Gasteiger charge is 2.23. The standard InChI is InChI=1S/C7H10O3/c1-3-5-6(9-2)4-10-7(5)8/h3-4H2,1-2H3. The fraction of sp³-hybridized carbons (Fsp3) is 0.571. The monoisotopic (exact) mass is 142 g/mol. The Bertz CT molecular complexity index is 181. The van der Waals surface area contributed by atoms with Crippen molar-refractivity contribution in [2.75, 3.05) is 13.7 Å². The van der Waals surface area contributed by atoms with Crippen LogP contribution in [0.15, 0.2) is 11.3 Å². The van der Waals surface area contributed by atoms with Crippen molar-refractivity contribution in [2.45, 2.75) is 13.3 Å². The summed E-state index contributed by atoms with van der Waals surface area (Å²) in [4.78, 5) is 10.8. The Morgan fingerprint density at radius 1 is 1.70 bits per heavy atom. The minimum atomic E-state index is -0.237. The third-order valence-corrected chi connectivity index (χ3v) is 1.52. The third kappa shape index (κ3) is 0.988. The molecular weight excluding hydrogens is 132 g/mol. The van der Waals surface area contributed by atoms with E-state index in [0.717, 1.165) is 0 Å². The van der Waals surface area contributed by atoms with Crippen LogP contribution < -0.4 is 0 Å². The van der Waals surface area contributed by atoms with Crippen molar-refractivity contribution in [1.29, 1.82) is 0 Å². The molecule has 0 radical (unpaired) electrons. The molecule has 0 saturated heterocycles. The van der Waals surface area contributed by atoms with Crippen LogP contribution in [-0.4, -0.2) is 19.7 Å². The highest BCUT2D eigenvalue weighted by Crippen LogP contribution is 2.18. The molecule has 0 atom stereocenters. The third-order valence-electron chi connectivity index (χ3n) is 1.52. The quantitative estimate of drug-likeness (QED) is 0.536. The van der Waals surface area contributed by atoms with Crippen molar-refractivity contribution in [2.24, 2.45) is 0 Å². The molecule has 0 N–H and O–H groups in total. The number of ether oxygens (including phenoxy) is 2. The van der Waals surface area contributed by atoms with Gasteiger partial charge >= 0.3 is 5.97 Å². The Morgan fingerprint density at radius 2 is 2.40 bits per heavy atom. The molecular formula is C7H10O3. The molecule has 1 rings (SSSR count). The number of methoxy groups -OCH3 is 1. The van der Waals surface area contributed by atoms with Gasteiger partial charge in [-0.1, -0.05) is 6.92 Å². The first-order valence-corrected chi connectivity index (χ1v) is 3.22. The van der Waals surface area contributed by atoms with Crippen LogP contribution in [-0.2, 0) is 14.3 Å². The number of hydrogen-bond acceptors (Lipinski definition) is 3. The number of cyclic esters (lactones) is 1. The molecule has 1 aliphatic rings. The van der Waals surface area contributed by atoms with E-state index in [0.29, 0.717) is 24.4 Å². The van der Waals surface area contributed by atoms with E-state index in [1.54, 1.807) is 7.11 Å². The Labute approximate surface area is 59.6 Å². The molecule has 1 aliphatic heterocycles. The van der Waals surface area contributed by atoms with Gasteiger partial charge < -0.3 is 9.47 Å². The first kappa shape index (κ1) is 7.12. The van der Waals surface area contributed by atoms with Crippen LogP contribution in [0.2, 0.25) is 0 Å². The second kappa shape index (κ2) is 2.73. The second-order valence-corrected chi connectivity index (χ2v) is 2.04. The largest absolute Gasteiger partial charge is 0.497 e. The van der Waals surface area contributed by atoms with E-state index in [1.807, 2.05) is 6.92 Å². The predicted octanol–water partition coefficient (Wildman–Crippen LogP) is 0.854. The number of esters is 1. The van der Waals surface area contributed by atoms with Gasteiger partial charge in [0.05, 0.1) is 12.7 Å². The highest BCUT2D eigenvalue weighted by molar-refractivity contribution is 5.91. The lowest BCUT2D eigenvalue weighted by Crippen LogP contribution is -1.97. The maximum Gasteiger partial charge on any atom is 0.337 e. The molecule has 0 bridgehead atoms. The molecule has 0 fully saturated rings. The van der Waals surface area contributed by atoms with Gasteiger partial charge in [-0.05, 0) is 6.42 Å². The molecule has 3 heteroatoms. The highest BCUT2D eigenvalue weighted by atomic mass is 16.6. The summed E-state index contributed by atoms with van der Waals surface area (Å²) >= 11 is 0. The Kier molecular flexibility index (Phi) is 1.94. The average Bonchev–Trinajstić information content (AvgIpc) is 2.30. The number of carbonyl (C=O) groups is 1. The van der Waals surface area contributed by atoms with Crippen LogP contribution in [0, 0.1) is 0 Å². The summed E-state index contributed by atoms with van der Waals surface area (Å²) in [7, 11) is 1.55. The van der Waals surface area contributed by atoms with E-state index in [1.165, 1.54) is 0 Å². The Balaban J connectivity index is 2.81. The van der Waals surface area contributed by atoms with E-state index in [4.69, 9.17) is 9.47 Å². The van der Waals surface area contributed by atoms with Crippen LogP contribution in [0.3, 0.4) is 0 Å². The lowest BCUT2D eigenvalue weighted by Gasteiger charge is -1.96. The first-order valence-electron chi connectivity index (χ1n) is 3.22. The van der Waals surface area contributed by atoms with Gasteiger partial charge in [0.2, 0.25) is 0 Å². The van der Waals surface area contributed by atoms with Crippen molar-refractivity contribution in [3.05, 3.63) is 11.3 Å². The molecule has 0 aliphatic carbocycles. The van der Waals surface area contributed by atoms with Crippen LogP contribution in [0.1, 0.15) is 13.3 Å². The van der Waals surface area contributed by atoms with Crippen molar-refractivity contribution >= 4 is 5.97 Å². The fourth-order valence-corrected chi connectivity index (χ4v) is 0.943. The summed E-state index contributed by atoms with van der Waals surface area (Å²) in [6.45, 7) is 2.21. The molecule has 0 aromatic heterocycles. The molecule has 0 aromatic carbocycles. The lowest BCUT2D eigenvalue weighted by molar-refractivity contribution is -0.136. The zero-order chi connectivity index (χ0) is 7.56. The number of hydrogen-bond donors (Lipinski definition) is 0. The number of carbonyl (C=O) groups excluding carboxylic acids is 1. The normalized spacial score (nSPS) is 17.6. The van der Waals surface area contributed by atoms with Crippen LogP contribution >= 0.6 is 0 Å². The van der Waals surface area contributed by atoms with Gasteiger partial charge in [-0.25, -0.2) is 4.79 Å². The molecule has 3 nitrogen and oxygen atoms in total. The van der Waals surface area contributed by atoms with Gasteiger partial charge in [0.1, 0.15) is 12.4 Å². The van der Waals surface area contributed by atoms with Crippen molar-refractivity contribution in [1.82, 2.24) is 0 Å². The Morgan fingerprint density at radius 3 is 2.80 bits per heavy atom. The summed E-state index contributed by atoms with van der Waals surface area (Å²) in [5.41, 5.74) is 0.669. The summed E-state index contributed by atoms with van der Waals surface area (Å²) in [6.07, 6.45) is 0.683. The van der Waals surface area contributed by atoms with Gasteiger partial charge in [0.15, 0.2) is 0 Å². The molecule has 0 unspecified atom stereocenters. The smallest absolute Gasteiger partial charge is 0.337 e. The van der Waals surface area contributed by atoms with Crippen molar-refractivity contribution in [3.8, 4) is 0 Å².